The molecule has 0 atom stereocenters. The number of rotatable bonds is 5. The summed E-state index contributed by atoms with van der Waals surface area (Å²) in [7, 11) is 0. The predicted molar refractivity (Wildman–Crippen MR) is 68.7 cm³/mol. The molecule has 0 amide bonds. The molecule has 2 N–H and O–H groups in total. The van der Waals surface area contributed by atoms with Crippen molar-refractivity contribution in [2.45, 2.75) is 32.7 Å². The van der Waals surface area contributed by atoms with E-state index in [1.165, 1.54) is 30.4 Å². The van der Waals surface area contributed by atoms with Crippen LogP contribution in [0.4, 0.5) is 0 Å². The maximum absolute atomic E-state index is 3.41. The monoisotopic (exact) mass is 218 g/mol. The molecule has 0 bridgehead atoms. The van der Waals surface area contributed by atoms with Crippen LogP contribution in [0.2, 0.25) is 0 Å². The maximum Gasteiger partial charge on any atom is 0.0208 e. The molecule has 0 fully saturated rings. The van der Waals surface area contributed by atoms with Gasteiger partial charge in [-0.25, -0.2) is 0 Å². The second-order valence-corrected chi connectivity index (χ2v) is 4.49. The van der Waals surface area contributed by atoms with Crippen molar-refractivity contribution in [2.24, 2.45) is 0 Å². The van der Waals surface area contributed by atoms with E-state index in [9.17, 15) is 0 Å². The molecule has 1 aromatic carbocycles. The van der Waals surface area contributed by atoms with Crippen molar-refractivity contribution in [1.29, 1.82) is 0 Å². The molecular weight excluding hydrogens is 196 g/mol. The standard InChI is InChI=1S/C14H22N2/c1-2-15-8-3-4-12-5-6-14-11-16-9-7-13(14)10-12/h5-6,10,15-16H,2-4,7-9,11H2,1H3. The van der Waals surface area contributed by atoms with Gasteiger partial charge < -0.3 is 10.6 Å². The summed E-state index contributed by atoms with van der Waals surface area (Å²) in [6.45, 7) is 6.55. The Kier molecular flexibility index (Phi) is 4.37. The minimum atomic E-state index is 1.05. The molecule has 2 rings (SSSR count). The quantitative estimate of drug-likeness (QED) is 0.737. The zero-order valence-corrected chi connectivity index (χ0v) is 10.2. The molecule has 0 saturated carbocycles. The molecule has 0 spiro atoms. The smallest absolute Gasteiger partial charge is 0.0208 e. The van der Waals surface area contributed by atoms with Gasteiger partial charge in [-0.15, -0.1) is 0 Å². The fraction of sp³-hybridized carbons (Fsp3) is 0.571. The molecule has 0 radical (unpaired) electrons. The second kappa shape index (κ2) is 6.02. The zero-order chi connectivity index (χ0) is 11.2. The predicted octanol–water partition coefficient (Wildman–Crippen LogP) is 1.87. The Morgan fingerprint density at radius 3 is 3.12 bits per heavy atom. The van der Waals surface area contributed by atoms with Crippen LogP contribution in [0.1, 0.15) is 30.0 Å². The first-order chi connectivity index (χ1) is 7.90. The number of hydrogen-bond acceptors (Lipinski definition) is 2. The Hall–Kier alpha value is -0.860. The largest absolute Gasteiger partial charge is 0.317 e. The minimum Gasteiger partial charge on any atom is -0.317 e. The van der Waals surface area contributed by atoms with Gasteiger partial charge in [-0.2, -0.15) is 0 Å². The van der Waals surface area contributed by atoms with E-state index in [2.05, 4.69) is 35.8 Å². The van der Waals surface area contributed by atoms with Crippen LogP contribution in [0.25, 0.3) is 0 Å². The SMILES string of the molecule is CCNCCCc1ccc2c(c1)CCNC2. The average Bonchev–Trinajstić information content (AvgIpc) is 2.34. The summed E-state index contributed by atoms with van der Waals surface area (Å²) in [5.41, 5.74) is 4.54. The summed E-state index contributed by atoms with van der Waals surface area (Å²) < 4.78 is 0. The van der Waals surface area contributed by atoms with Gasteiger partial charge in [0.05, 0.1) is 0 Å². The van der Waals surface area contributed by atoms with Crippen LogP contribution >= 0.6 is 0 Å². The molecule has 0 aromatic heterocycles. The molecule has 0 saturated heterocycles. The number of fused-ring (bicyclic) bond motifs is 1. The minimum absolute atomic E-state index is 1.05. The van der Waals surface area contributed by atoms with Crippen LogP contribution in [0.15, 0.2) is 18.2 Å². The van der Waals surface area contributed by atoms with Gasteiger partial charge in [-0.1, -0.05) is 25.1 Å². The van der Waals surface area contributed by atoms with Crippen LogP contribution in [-0.4, -0.2) is 19.6 Å². The molecule has 1 aliphatic heterocycles. The van der Waals surface area contributed by atoms with E-state index in [4.69, 9.17) is 0 Å². The molecule has 0 aliphatic carbocycles. The third-order valence-corrected chi connectivity index (χ3v) is 3.23. The Balaban J connectivity index is 1.90. The third-order valence-electron chi connectivity index (χ3n) is 3.23. The van der Waals surface area contributed by atoms with Crippen LogP contribution < -0.4 is 10.6 Å². The van der Waals surface area contributed by atoms with Crippen molar-refractivity contribution in [2.75, 3.05) is 19.6 Å². The van der Waals surface area contributed by atoms with E-state index in [-0.39, 0.29) is 0 Å². The van der Waals surface area contributed by atoms with Crippen LogP contribution in [0.3, 0.4) is 0 Å². The molecule has 2 nitrogen and oxygen atoms in total. The van der Waals surface area contributed by atoms with Gasteiger partial charge in [0.15, 0.2) is 0 Å². The first-order valence-corrected chi connectivity index (χ1v) is 6.42. The van der Waals surface area contributed by atoms with E-state index in [0.29, 0.717) is 0 Å². The summed E-state index contributed by atoms with van der Waals surface area (Å²) >= 11 is 0. The van der Waals surface area contributed by atoms with E-state index in [0.717, 1.165) is 26.2 Å². The molecule has 1 heterocycles. The lowest BCUT2D eigenvalue weighted by Crippen LogP contribution is -2.23. The fourth-order valence-corrected chi connectivity index (χ4v) is 2.28. The van der Waals surface area contributed by atoms with Crippen molar-refractivity contribution in [3.05, 3.63) is 34.9 Å². The van der Waals surface area contributed by atoms with Crippen molar-refractivity contribution in [1.82, 2.24) is 10.6 Å². The summed E-state index contributed by atoms with van der Waals surface area (Å²) in [6, 6.07) is 6.99. The topological polar surface area (TPSA) is 24.1 Å². The first-order valence-electron chi connectivity index (χ1n) is 6.42. The first kappa shape index (κ1) is 11.6. The van der Waals surface area contributed by atoms with Crippen LogP contribution in [0, 0.1) is 0 Å². The highest BCUT2D eigenvalue weighted by Crippen LogP contribution is 2.16. The number of nitrogens with one attached hydrogen (secondary N) is 2. The summed E-state index contributed by atoms with van der Waals surface area (Å²) in [4.78, 5) is 0. The van der Waals surface area contributed by atoms with Gasteiger partial charge in [0.1, 0.15) is 0 Å². The van der Waals surface area contributed by atoms with E-state index in [1.807, 2.05) is 0 Å². The Labute approximate surface area is 98.4 Å². The lowest BCUT2D eigenvalue weighted by Gasteiger charge is -2.17. The lowest BCUT2D eigenvalue weighted by atomic mass is 9.97. The van der Waals surface area contributed by atoms with E-state index in [1.54, 1.807) is 5.56 Å². The Morgan fingerprint density at radius 2 is 2.25 bits per heavy atom. The fourth-order valence-electron chi connectivity index (χ4n) is 2.28. The Bertz CT molecular complexity index is 334. The summed E-state index contributed by atoms with van der Waals surface area (Å²) in [5.74, 6) is 0. The van der Waals surface area contributed by atoms with Gasteiger partial charge in [0.2, 0.25) is 0 Å². The molecular formula is C14H22N2. The van der Waals surface area contributed by atoms with Crippen LogP contribution in [0.5, 0.6) is 0 Å². The van der Waals surface area contributed by atoms with Gasteiger partial charge in [-0.3, -0.25) is 0 Å². The van der Waals surface area contributed by atoms with Gasteiger partial charge in [0, 0.05) is 6.54 Å². The van der Waals surface area contributed by atoms with Crippen LogP contribution in [-0.2, 0) is 19.4 Å². The van der Waals surface area contributed by atoms with Crippen molar-refractivity contribution < 1.29 is 0 Å². The Morgan fingerprint density at radius 1 is 1.31 bits per heavy atom. The number of aryl methyl sites for hydroxylation is 1. The van der Waals surface area contributed by atoms with E-state index >= 15 is 0 Å². The maximum atomic E-state index is 3.41. The third kappa shape index (κ3) is 3.06. The van der Waals surface area contributed by atoms with Crippen molar-refractivity contribution >= 4 is 0 Å². The molecule has 1 aliphatic rings. The van der Waals surface area contributed by atoms with Gasteiger partial charge in [-0.05, 0) is 55.6 Å². The van der Waals surface area contributed by atoms with Crippen molar-refractivity contribution in [3.63, 3.8) is 0 Å². The van der Waals surface area contributed by atoms with Crippen molar-refractivity contribution in [3.8, 4) is 0 Å². The highest BCUT2D eigenvalue weighted by Gasteiger charge is 2.08. The molecule has 2 heteroatoms. The average molecular weight is 218 g/mol. The lowest BCUT2D eigenvalue weighted by molar-refractivity contribution is 0.640. The number of hydrogen-bond donors (Lipinski definition) is 2. The van der Waals surface area contributed by atoms with Gasteiger partial charge in [0.25, 0.3) is 0 Å². The molecule has 1 aromatic rings. The highest BCUT2D eigenvalue weighted by molar-refractivity contribution is 5.33. The van der Waals surface area contributed by atoms with E-state index < -0.39 is 0 Å². The molecule has 16 heavy (non-hydrogen) atoms. The zero-order valence-electron chi connectivity index (χ0n) is 10.2. The summed E-state index contributed by atoms with van der Waals surface area (Å²) in [5, 5.41) is 6.78. The molecule has 0 unspecified atom stereocenters. The number of benzene rings is 1. The highest BCUT2D eigenvalue weighted by atomic mass is 14.9. The molecule has 88 valence electrons. The van der Waals surface area contributed by atoms with Gasteiger partial charge >= 0.3 is 0 Å². The second-order valence-electron chi connectivity index (χ2n) is 4.49. The normalized spacial score (nSPS) is 14.8. The summed E-state index contributed by atoms with van der Waals surface area (Å²) in [6.07, 6.45) is 3.63.